The van der Waals surface area contributed by atoms with Crippen LogP contribution in [0.25, 0.3) is 0 Å². The van der Waals surface area contributed by atoms with Gasteiger partial charge in [-0.1, -0.05) is 12.1 Å². The van der Waals surface area contributed by atoms with Gasteiger partial charge in [-0.2, -0.15) is 0 Å². The molecule has 1 atom stereocenters. The summed E-state index contributed by atoms with van der Waals surface area (Å²) in [5.74, 6) is -0.0718. The van der Waals surface area contributed by atoms with E-state index < -0.39 is 5.82 Å². The van der Waals surface area contributed by atoms with Crippen LogP contribution in [0.2, 0.25) is 0 Å². The number of phenols is 1. The lowest BCUT2D eigenvalue weighted by Gasteiger charge is -2.15. The van der Waals surface area contributed by atoms with Gasteiger partial charge in [-0.25, -0.2) is 4.39 Å². The summed E-state index contributed by atoms with van der Waals surface area (Å²) in [6.45, 7) is 3.89. The number of para-hydroxylation sites is 1. The van der Waals surface area contributed by atoms with Gasteiger partial charge < -0.3 is 15.3 Å². The van der Waals surface area contributed by atoms with Crippen molar-refractivity contribution in [1.82, 2.24) is 10.2 Å². The number of benzene rings is 1. The first-order valence-electron chi connectivity index (χ1n) is 7.15. The molecule has 19 heavy (non-hydrogen) atoms. The lowest BCUT2D eigenvalue weighted by atomic mass is 10.1. The summed E-state index contributed by atoms with van der Waals surface area (Å²) in [6.07, 6.45) is 3.99. The number of hydrogen-bond donors (Lipinski definition) is 2. The Balaban J connectivity index is 1.44. The van der Waals surface area contributed by atoms with Gasteiger partial charge in [0.1, 0.15) is 0 Å². The van der Waals surface area contributed by atoms with E-state index in [0.29, 0.717) is 18.0 Å². The standard InChI is InChI=1S/C15H21FN2O/c16-14-3-1-2-12(15(14)19)9-17-8-11-6-7-18(10-11)13-4-5-13/h1-3,11,13,17,19H,4-10H2. The molecule has 1 saturated carbocycles. The highest BCUT2D eigenvalue weighted by Gasteiger charge is 2.33. The molecule has 1 saturated heterocycles. The SMILES string of the molecule is Oc1c(F)cccc1CNCC1CCN(C2CC2)C1. The predicted molar refractivity (Wildman–Crippen MR) is 72.5 cm³/mol. The maximum Gasteiger partial charge on any atom is 0.165 e. The van der Waals surface area contributed by atoms with Crippen molar-refractivity contribution in [2.24, 2.45) is 5.92 Å². The van der Waals surface area contributed by atoms with Gasteiger partial charge in [0.25, 0.3) is 0 Å². The average molecular weight is 264 g/mol. The van der Waals surface area contributed by atoms with Crippen LogP contribution in [-0.2, 0) is 6.54 Å². The molecule has 1 heterocycles. The Hall–Kier alpha value is -1.13. The van der Waals surface area contributed by atoms with E-state index in [2.05, 4.69) is 10.2 Å². The fourth-order valence-electron chi connectivity index (χ4n) is 2.91. The molecule has 2 fully saturated rings. The van der Waals surface area contributed by atoms with Crippen LogP contribution < -0.4 is 5.32 Å². The third kappa shape index (κ3) is 3.07. The fourth-order valence-corrected chi connectivity index (χ4v) is 2.91. The van der Waals surface area contributed by atoms with Crippen LogP contribution in [0.1, 0.15) is 24.8 Å². The van der Waals surface area contributed by atoms with Gasteiger partial charge in [0.15, 0.2) is 11.6 Å². The Morgan fingerprint density at radius 1 is 1.32 bits per heavy atom. The van der Waals surface area contributed by atoms with Crippen LogP contribution >= 0.6 is 0 Å². The van der Waals surface area contributed by atoms with Crippen molar-refractivity contribution in [3.63, 3.8) is 0 Å². The van der Waals surface area contributed by atoms with Gasteiger partial charge in [-0.05, 0) is 44.3 Å². The molecule has 3 nitrogen and oxygen atoms in total. The number of phenolic OH excluding ortho intramolecular Hbond substituents is 1. The number of aromatic hydroxyl groups is 1. The van der Waals surface area contributed by atoms with E-state index in [-0.39, 0.29) is 5.75 Å². The second kappa shape index (κ2) is 5.47. The molecule has 0 amide bonds. The number of likely N-dealkylation sites (tertiary alicyclic amines) is 1. The molecule has 1 aliphatic carbocycles. The zero-order chi connectivity index (χ0) is 13.2. The molecule has 0 bridgehead atoms. The van der Waals surface area contributed by atoms with E-state index in [1.807, 2.05) is 0 Å². The summed E-state index contributed by atoms with van der Waals surface area (Å²) in [5, 5.41) is 12.9. The summed E-state index contributed by atoms with van der Waals surface area (Å²) >= 11 is 0. The highest BCUT2D eigenvalue weighted by atomic mass is 19.1. The zero-order valence-electron chi connectivity index (χ0n) is 11.1. The molecule has 0 aromatic heterocycles. The third-order valence-corrected chi connectivity index (χ3v) is 4.20. The van der Waals surface area contributed by atoms with Crippen molar-refractivity contribution in [3.05, 3.63) is 29.6 Å². The van der Waals surface area contributed by atoms with Crippen LogP contribution in [0.4, 0.5) is 4.39 Å². The second-order valence-electron chi connectivity index (χ2n) is 5.76. The van der Waals surface area contributed by atoms with Crippen LogP contribution in [0.15, 0.2) is 18.2 Å². The number of hydrogen-bond acceptors (Lipinski definition) is 3. The van der Waals surface area contributed by atoms with E-state index in [1.54, 1.807) is 12.1 Å². The molecule has 2 N–H and O–H groups in total. The molecule has 2 aliphatic rings. The molecular weight excluding hydrogens is 243 g/mol. The first kappa shape index (κ1) is 12.9. The first-order chi connectivity index (χ1) is 9.24. The van der Waals surface area contributed by atoms with Crippen molar-refractivity contribution in [2.75, 3.05) is 19.6 Å². The Kier molecular flexibility index (Phi) is 3.71. The van der Waals surface area contributed by atoms with Gasteiger partial charge in [0, 0.05) is 24.7 Å². The van der Waals surface area contributed by atoms with Crippen molar-refractivity contribution in [3.8, 4) is 5.75 Å². The Bertz CT molecular complexity index is 448. The number of rotatable bonds is 5. The van der Waals surface area contributed by atoms with Crippen molar-refractivity contribution >= 4 is 0 Å². The van der Waals surface area contributed by atoms with Crippen molar-refractivity contribution in [2.45, 2.75) is 31.8 Å². The summed E-state index contributed by atoms with van der Waals surface area (Å²) in [7, 11) is 0. The molecule has 0 spiro atoms. The first-order valence-corrected chi connectivity index (χ1v) is 7.15. The van der Waals surface area contributed by atoms with Crippen molar-refractivity contribution in [1.29, 1.82) is 0 Å². The summed E-state index contributed by atoms with van der Waals surface area (Å²) < 4.78 is 13.2. The van der Waals surface area contributed by atoms with E-state index >= 15 is 0 Å². The van der Waals surface area contributed by atoms with Crippen molar-refractivity contribution < 1.29 is 9.50 Å². The minimum Gasteiger partial charge on any atom is -0.505 e. The topological polar surface area (TPSA) is 35.5 Å². The molecule has 104 valence electrons. The largest absolute Gasteiger partial charge is 0.505 e. The second-order valence-corrected chi connectivity index (χ2v) is 5.76. The van der Waals surface area contributed by atoms with Crippen LogP contribution in [-0.4, -0.2) is 35.7 Å². The fraction of sp³-hybridized carbons (Fsp3) is 0.600. The number of nitrogens with one attached hydrogen (secondary N) is 1. The minimum atomic E-state index is -0.542. The van der Waals surface area contributed by atoms with Gasteiger partial charge in [-0.3, -0.25) is 0 Å². The molecule has 1 unspecified atom stereocenters. The normalized spacial score (nSPS) is 23.9. The molecule has 0 radical (unpaired) electrons. The lowest BCUT2D eigenvalue weighted by molar-refractivity contribution is 0.311. The summed E-state index contributed by atoms with van der Waals surface area (Å²) in [5.41, 5.74) is 0.636. The Morgan fingerprint density at radius 2 is 2.16 bits per heavy atom. The van der Waals surface area contributed by atoms with E-state index in [1.165, 1.54) is 38.4 Å². The van der Waals surface area contributed by atoms with Gasteiger partial charge in [0.2, 0.25) is 0 Å². The zero-order valence-corrected chi connectivity index (χ0v) is 11.1. The number of nitrogens with zero attached hydrogens (tertiary/aromatic N) is 1. The van der Waals surface area contributed by atoms with Gasteiger partial charge in [-0.15, -0.1) is 0 Å². The number of halogens is 1. The Labute approximate surface area is 113 Å². The molecule has 4 heteroatoms. The molecule has 3 rings (SSSR count). The van der Waals surface area contributed by atoms with Crippen LogP contribution in [0, 0.1) is 11.7 Å². The maximum atomic E-state index is 13.2. The highest BCUT2D eigenvalue weighted by molar-refractivity contribution is 5.33. The highest BCUT2D eigenvalue weighted by Crippen LogP contribution is 2.31. The predicted octanol–water partition coefficient (Wildman–Crippen LogP) is 2.11. The maximum absolute atomic E-state index is 13.2. The smallest absolute Gasteiger partial charge is 0.165 e. The molecular formula is C15H21FN2O. The van der Waals surface area contributed by atoms with E-state index in [0.717, 1.165) is 12.6 Å². The summed E-state index contributed by atoms with van der Waals surface area (Å²) in [4.78, 5) is 2.59. The Morgan fingerprint density at radius 3 is 2.95 bits per heavy atom. The van der Waals surface area contributed by atoms with E-state index in [9.17, 15) is 9.50 Å². The molecule has 1 aliphatic heterocycles. The minimum absolute atomic E-state index is 0.221. The van der Waals surface area contributed by atoms with Crippen LogP contribution in [0.5, 0.6) is 5.75 Å². The average Bonchev–Trinajstić information content (AvgIpc) is 3.15. The monoisotopic (exact) mass is 264 g/mol. The van der Waals surface area contributed by atoms with Gasteiger partial charge >= 0.3 is 0 Å². The summed E-state index contributed by atoms with van der Waals surface area (Å²) in [6, 6.07) is 5.54. The quantitative estimate of drug-likeness (QED) is 0.855. The molecule has 1 aromatic carbocycles. The third-order valence-electron chi connectivity index (χ3n) is 4.20. The lowest BCUT2D eigenvalue weighted by Crippen LogP contribution is -2.27. The van der Waals surface area contributed by atoms with E-state index in [4.69, 9.17) is 0 Å². The van der Waals surface area contributed by atoms with Gasteiger partial charge in [0.05, 0.1) is 0 Å². The van der Waals surface area contributed by atoms with Crippen LogP contribution in [0.3, 0.4) is 0 Å². The molecule has 1 aromatic rings.